The zero-order valence-corrected chi connectivity index (χ0v) is 20.0. The van der Waals surface area contributed by atoms with Gasteiger partial charge in [-0.25, -0.2) is 9.78 Å². The highest BCUT2D eigenvalue weighted by atomic mass is 35.5. The number of anilines is 2. The molecule has 0 spiro atoms. The van der Waals surface area contributed by atoms with Crippen molar-refractivity contribution in [1.29, 1.82) is 0 Å². The van der Waals surface area contributed by atoms with Gasteiger partial charge in [0.25, 0.3) is 5.91 Å². The van der Waals surface area contributed by atoms with E-state index in [1.54, 1.807) is 12.1 Å². The van der Waals surface area contributed by atoms with E-state index in [9.17, 15) is 14.4 Å². The van der Waals surface area contributed by atoms with Gasteiger partial charge in [0.15, 0.2) is 11.4 Å². The summed E-state index contributed by atoms with van der Waals surface area (Å²) in [5.41, 5.74) is 5.51. The molecule has 5 rings (SSSR count). The minimum Gasteiger partial charge on any atom is -0.444 e. The highest BCUT2D eigenvalue weighted by Gasteiger charge is 2.54. The number of halogens is 1. The van der Waals surface area contributed by atoms with Gasteiger partial charge < -0.3 is 10.5 Å². The second-order valence-electron chi connectivity index (χ2n) is 8.77. The number of carbonyl (C=O) groups is 3. The number of hydrogen-bond acceptors (Lipinski definition) is 6. The summed E-state index contributed by atoms with van der Waals surface area (Å²) >= 11 is 5.85. The Morgan fingerprint density at radius 2 is 1.81 bits per heavy atom. The summed E-state index contributed by atoms with van der Waals surface area (Å²) < 4.78 is 5.50. The number of hydrogen-bond donors (Lipinski definition) is 2. The number of aromatic amines is 1. The largest absolute Gasteiger partial charge is 0.444 e. The Labute approximate surface area is 211 Å². The Kier molecular flexibility index (Phi) is 5.93. The summed E-state index contributed by atoms with van der Waals surface area (Å²) in [6, 6.07) is 19.9. The van der Waals surface area contributed by atoms with E-state index in [2.05, 4.69) is 15.2 Å². The first-order chi connectivity index (χ1) is 17.3. The van der Waals surface area contributed by atoms with Crippen LogP contribution in [0.15, 0.2) is 66.7 Å². The van der Waals surface area contributed by atoms with E-state index in [1.807, 2.05) is 42.5 Å². The number of nitrogens with one attached hydrogen (secondary N) is 1. The van der Waals surface area contributed by atoms with Crippen LogP contribution in [0.25, 0.3) is 10.8 Å². The summed E-state index contributed by atoms with van der Waals surface area (Å²) in [6.45, 7) is 1.47. The minimum absolute atomic E-state index is 0.0112. The third kappa shape index (κ3) is 4.29. The Morgan fingerprint density at radius 1 is 1.06 bits per heavy atom. The molecular formula is C26H22ClN5O4. The molecule has 9 nitrogen and oxygen atoms in total. The van der Waals surface area contributed by atoms with Crippen LogP contribution in [0.5, 0.6) is 0 Å². The van der Waals surface area contributed by atoms with Gasteiger partial charge in [0.2, 0.25) is 5.91 Å². The number of ether oxygens (including phenoxy) is 1. The fourth-order valence-electron chi connectivity index (χ4n) is 4.48. The molecule has 10 heteroatoms. The first-order valence-electron chi connectivity index (χ1n) is 11.3. The number of amides is 2. The minimum atomic E-state index is -1.46. The van der Waals surface area contributed by atoms with E-state index in [-0.39, 0.29) is 35.5 Å². The van der Waals surface area contributed by atoms with Gasteiger partial charge in [-0.05, 0) is 35.0 Å². The van der Waals surface area contributed by atoms with E-state index in [1.165, 1.54) is 24.0 Å². The molecule has 0 unspecified atom stereocenters. The van der Waals surface area contributed by atoms with E-state index >= 15 is 0 Å². The lowest BCUT2D eigenvalue weighted by atomic mass is 9.68. The normalized spacial score (nSPS) is 18.9. The number of pyridine rings is 1. The number of nitrogens with zero attached hydrogens (tertiary/aromatic N) is 3. The molecule has 2 aromatic heterocycles. The van der Waals surface area contributed by atoms with E-state index in [0.29, 0.717) is 17.2 Å². The molecule has 2 amide bonds. The summed E-state index contributed by atoms with van der Waals surface area (Å²) in [6.07, 6.45) is 0.346. The number of nitrogens with two attached hydrogens (primary N) is 1. The number of H-pyrrole nitrogens is 1. The lowest BCUT2D eigenvalue weighted by Gasteiger charge is -2.43. The van der Waals surface area contributed by atoms with Crippen LogP contribution in [0.2, 0.25) is 5.15 Å². The van der Waals surface area contributed by atoms with Gasteiger partial charge in [-0.3, -0.25) is 19.6 Å². The molecule has 2 aromatic carbocycles. The highest BCUT2D eigenvalue weighted by molar-refractivity contribution is 6.29. The van der Waals surface area contributed by atoms with Crippen molar-refractivity contribution in [3.63, 3.8) is 0 Å². The molecule has 36 heavy (non-hydrogen) atoms. The molecule has 0 radical (unpaired) electrons. The van der Waals surface area contributed by atoms with Gasteiger partial charge in [0.05, 0.1) is 5.69 Å². The zero-order valence-electron chi connectivity index (χ0n) is 19.3. The van der Waals surface area contributed by atoms with Crippen molar-refractivity contribution in [2.75, 3.05) is 4.90 Å². The molecule has 3 N–H and O–H groups in total. The second kappa shape index (κ2) is 9.09. The number of rotatable bonds is 6. The summed E-state index contributed by atoms with van der Waals surface area (Å²) in [5, 5.41) is 9.49. The van der Waals surface area contributed by atoms with E-state index in [4.69, 9.17) is 22.1 Å². The number of benzene rings is 2. The smallest absolute Gasteiger partial charge is 0.358 e. The number of fused-ring (bicyclic) bond motifs is 1. The van der Waals surface area contributed by atoms with Crippen molar-refractivity contribution in [3.8, 4) is 0 Å². The Morgan fingerprint density at radius 3 is 2.50 bits per heavy atom. The van der Waals surface area contributed by atoms with E-state index in [0.717, 1.165) is 10.8 Å². The molecular weight excluding hydrogens is 482 g/mol. The Bertz CT molecular complexity index is 1490. The molecule has 0 bridgehead atoms. The van der Waals surface area contributed by atoms with Crippen LogP contribution < -0.4 is 10.6 Å². The molecule has 2 heterocycles. The predicted octanol–water partition coefficient (Wildman–Crippen LogP) is 4.25. The fourth-order valence-corrected chi connectivity index (χ4v) is 4.65. The average Bonchev–Trinajstić information content (AvgIpc) is 3.29. The SMILES string of the molecule is CC(=O)N(c1ccc2ccccc2c1)c1cc(C2CC(OC(=O)c3cccc(Cl)n3)(C(N)=O)C2)[nH]n1. The molecule has 0 aliphatic heterocycles. The molecule has 1 aliphatic rings. The molecule has 0 saturated heterocycles. The van der Waals surface area contributed by atoms with E-state index < -0.39 is 17.5 Å². The van der Waals surface area contributed by atoms with Crippen molar-refractivity contribution in [2.45, 2.75) is 31.3 Å². The van der Waals surface area contributed by atoms with Gasteiger partial charge in [0, 0.05) is 37.4 Å². The first kappa shape index (κ1) is 23.5. The Balaban J connectivity index is 1.35. The maximum absolute atomic E-state index is 12.6. The maximum atomic E-state index is 12.6. The van der Waals surface area contributed by atoms with Gasteiger partial charge in [-0.15, -0.1) is 0 Å². The third-order valence-electron chi connectivity index (χ3n) is 6.37. The van der Waals surface area contributed by atoms with Gasteiger partial charge in [-0.2, -0.15) is 5.10 Å². The molecule has 1 fully saturated rings. The molecule has 1 aliphatic carbocycles. The van der Waals surface area contributed by atoms with Gasteiger partial charge >= 0.3 is 5.97 Å². The summed E-state index contributed by atoms with van der Waals surface area (Å²) in [7, 11) is 0. The molecule has 0 atom stereocenters. The fraction of sp³-hybridized carbons (Fsp3) is 0.192. The lowest BCUT2D eigenvalue weighted by Crippen LogP contribution is -2.56. The van der Waals surface area contributed by atoms with Crippen LogP contribution >= 0.6 is 11.6 Å². The third-order valence-corrected chi connectivity index (χ3v) is 6.58. The lowest BCUT2D eigenvalue weighted by molar-refractivity contribution is -0.149. The van der Waals surface area contributed by atoms with Crippen molar-refractivity contribution >= 4 is 51.7 Å². The second-order valence-corrected chi connectivity index (χ2v) is 9.15. The van der Waals surface area contributed by atoms with Crippen molar-refractivity contribution < 1.29 is 19.1 Å². The van der Waals surface area contributed by atoms with Crippen LogP contribution in [-0.2, 0) is 14.3 Å². The van der Waals surface area contributed by atoms with Crippen LogP contribution in [-0.4, -0.2) is 38.6 Å². The van der Waals surface area contributed by atoms with Crippen molar-refractivity contribution in [1.82, 2.24) is 15.2 Å². The van der Waals surface area contributed by atoms with Gasteiger partial charge in [0.1, 0.15) is 10.8 Å². The predicted molar refractivity (Wildman–Crippen MR) is 134 cm³/mol. The topological polar surface area (TPSA) is 131 Å². The number of carbonyl (C=O) groups excluding carboxylic acids is 3. The quantitative estimate of drug-likeness (QED) is 0.298. The maximum Gasteiger partial charge on any atom is 0.358 e. The average molecular weight is 504 g/mol. The number of esters is 1. The van der Waals surface area contributed by atoms with Crippen molar-refractivity contribution in [3.05, 3.63) is 83.3 Å². The molecule has 4 aromatic rings. The molecule has 1 saturated carbocycles. The standard InChI is InChI=1S/C26H22ClN5O4/c1-15(33)32(19-10-9-16-5-2-3-6-17(16)11-19)23-12-21(30-31-23)18-13-26(14-18,25(28)35)36-24(34)20-7-4-8-22(27)29-20/h2-12,18H,13-14H2,1H3,(H2,28,35)(H,30,31). The Hall–Kier alpha value is -4.24. The van der Waals surface area contributed by atoms with Gasteiger partial charge in [-0.1, -0.05) is 48.0 Å². The van der Waals surface area contributed by atoms with Crippen LogP contribution in [0, 0.1) is 0 Å². The van der Waals surface area contributed by atoms with Crippen LogP contribution in [0.1, 0.15) is 41.9 Å². The first-order valence-corrected chi connectivity index (χ1v) is 11.6. The zero-order chi connectivity index (χ0) is 25.4. The van der Waals surface area contributed by atoms with Crippen LogP contribution in [0.4, 0.5) is 11.5 Å². The monoisotopic (exact) mass is 503 g/mol. The van der Waals surface area contributed by atoms with Crippen LogP contribution in [0.3, 0.4) is 0 Å². The summed E-state index contributed by atoms with van der Waals surface area (Å²) in [5.74, 6) is -1.48. The van der Waals surface area contributed by atoms with Crippen molar-refractivity contribution in [2.24, 2.45) is 5.73 Å². The number of primary amides is 1. The number of aromatic nitrogens is 3. The highest BCUT2D eigenvalue weighted by Crippen LogP contribution is 2.47. The molecule has 182 valence electrons. The summed E-state index contributed by atoms with van der Waals surface area (Å²) in [4.78, 5) is 42.8.